The van der Waals surface area contributed by atoms with Gasteiger partial charge in [-0.05, 0) is 31.0 Å². The van der Waals surface area contributed by atoms with Crippen LogP contribution in [0.1, 0.15) is 18.4 Å². The van der Waals surface area contributed by atoms with E-state index in [1.54, 1.807) is 0 Å². The Bertz CT molecular complexity index is 453. The van der Waals surface area contributed by atoms with Gasteiger partial charge in [-0.2, -0.15) is 0 Å². The molecular formula is C15H21NO4. The van der Waals surface area contributed by atoms with Crippen molar-refractivity contribution in [3.63, 3.8) is 0 Å². The summed E-state index contributed by atoms with van der Waals surface area (Å²) in [6.07, 6.45) is -0.647. The van der Waals surface area contributed by atoms with Gasteiger partial charge in [-0.25, -0.2) is 0 Å². The summed E-state index contributed by atoms with van der Waals surface area (Å²) in [7, 11) is 0. The molecule has 0 saturated carbocycles. The van der Waals surface area contributed by atoms with E-state index in [1.807, 2.05) is 31.2 Å². The average Bonchev–Trinajstić information content (AvgIpc) is 2.75. The molecule has 20 heavy (non-hydrogen) atoms. The molecule has 5 nitrogen and oxygen atoms in total. The van der Waals surface area contributed by atoms with Crippen LogP contribution in [0.25, 0.3) is 0 Å². The van der Waals surface area contributed by atoms with E-state index in [1.165, 1.54) is 4.90 Å². The number of nitrogens with zero attached hydrogens (tertiary/aromatic N) is 1. The van der Waals surface area contributed by atoms with Gasteiger partial charge < -0.3 is 19.8 Å². The first kappa shape index (κ1) is 14.8. The van der Waals surface area contributed by atoms with Crippen LogP contribution in [0.4, 0.5) is 0 Å². The molecule has 0 spiro atoms. The Kier molecular flexibility index (Phi) is 4.98. The Hall–Kier alpha value is -1.59. The van der Waals surface area contributed by atoms with Crippen LogP contribution in [0.5, 0.6) is 5.75 Å². The lowest BCUT2D eigenvalue weighted by Crippen LogP contribution is -2.29. The van der Waals surface area contributed by atoms with Crippen LogP contribution in [0.3, 0.4) is 0 Å². The fraction of sp³-hybridized carbons (Fsp3) is 0.533. The molecule has 2 N–H and O–H groups in total. The van der Waals surface area contributed by atoms with Gasteiger partial charge in [0, 0.05) is 19.5 Å². The number of carbonyl (C=O) groups is 1. The zero-order valence-electron chi connectivity index (χ0n) is 11.7. The summed E-state index contributed by atoms with van der Waals surface area (Å²) >= 11 is 0. The normalized spacial score (nSPS) is 22.1. The molecule has 0 aliphatic carbocycles. The number of aliphatic hydroxyl groups is 2. The van der Waals surface area contributed by atoms with E-state index in [4.69, 9.17) is 4.74 Å². The number of ether oxygens (including phenoxy) is 1. The average molecular weight is 279 g/mol. The Labute approximate surface area is 118 Å². The fourth-order valence-corrected chi connectivity index (χ4v) is 2.25. The maximum Gasteiger partial charge on any atom is 0.222 e. The highest BCUT2D eigenvalue weighted by molar-refractivity contribution is 5.76. The highest BCUT2D eigenvalue weighted by Gasteiger charge is 2.31. The Morgan fingerprint density at radius 2 is 2.05 bits per heavy atom. The highest BCUT2D eigenvalue weighted by atomic mass is 16.5. The van der Waals surface area contributed by atoms with Crippen molar-refractivity contribution in [2.75, 3.05) is 19.7 Å². The van der Waals surface area contributed by atoms with Gasteiger partial charge in [0.05, 0.1) is 18.8 Å². The number of rotatable bonds is 5. The molecule has 1 heterocycles. The first-order chi connectivity index (χ1) is 9.56. The molecular weight excluding hydrogens is 258 g/mol. The number of aryl methyl sites for hydroxylation is 1. The van der Waals surface area contributed by atoms with Gasteiger partial charge in [0.25, 0.3) is 0 Å². The van der Waals surface area contributed by atoms with E-state index in [9.17, 15) is 15.0 Å². The number of likely N-dealkylation sites (tertiary alicyclic amines) is 1. The van der Waals surface area contributed by atoms with Crippen LogP contribution in [-0.4, -0.2) is 52.9 Å². The van der Waals surface area contributed by atoms with Gasteiger partial charge in [-0.3, -0.25) is 4.79 Å². The number of benzene rings is 1. The predicted molar refractivity (Wildman–Crippen MR) is 74.5 cm³/mol. The van der Waals surface area contributed by atoms with Gasteiger partial charge in [-0.15, -0.1) is 0 Å². The summed E-state index contributed by atoms with van der Waals surface area (Å²) in [6.45, 7) is 2.92. The number of hydrogen-bond donors (Lipinski definition) is 2. The number of hydrogen-bond acceptors (Lipinski definition) is 4. The van der Waals surface area contributed by atoms with Gasteiger partial charge >= 0.3 is 0 Å². The fourth-order valence-electron chi connectivity index (χ4n) is 2.25. The summed E-state index contributed by atoms with van der Waals surface area (Å²) in [5.74, 6) is 0.762. The minimum atomic E-state index is -0.817. The summed E-state index contributed by atoms with van der Waals surface area (Å²) in [5, 5.41) is 18.8. The maximum atomic E-state index is 11.9. The van der Waals surface area contributed by atoms with Crippen molar-refractivity contribution in [2.24, 2.45) is 0 Å². The second-order valence-corrected chi connectivity index (χ2v) is 5.20. The quantitative estimate of drug-likeness (QED) is 0.779. The molecule has 0 radical (unpaired) electrons. The smallest absolute Gasteiger partial charge is 0.222 e. The molecule has 1 amide bonds. The van der Waals surface area contributed by atoms with Gasteiger partial charge in [0.1, 0.15) is 5.75 Å². The third kappa shape index (κ3) is 3.95. The largest absolute Gasteiger partial charge is 0.494 e. The van der Waals surface area contributed by atoms with Gasteiger partial charge in [0.15, 0.2) is 0 Å². The standard InChI is InChI=1S/C15H21NO4/c1-11-4-2-5-12(8-11)20-7-3-6-15(19)16-9-13(17)14(18)10-16/h2,4-5,8,13-14,17-18H,3,6-7,9-10H2,1H3. The topological polar surface area (TPSA) is 70.0 Å². The summed E-state index contributed by atoms with van der Waals surface area (Å²) in [6, 6.07) is 7.78. The lowest BCUT2D eigenvalue weighted by Gasteiger charge is -2.15. The first-order valence-electron chi connectivity index (χ1n) is 6.89. The molecule has 2 rings (SSSR count). The van der Waals surface area contributed by atoms with E-state index in [2.05, 4.69) is 0 Å². The Balaban J connectivity index is 1.67. The first-order valence-corrected chi connectivity index (χ1v) is 6.89. The minimum absolute atomic E-state index is 0.0477. The van der Waals surface area contributed by atoms with Crippen LogP contribution in [-0.2, 0) is 4.79 Å². The summed E-state index contributed by atoms with van der Waals surface area (Å²) < 4.78 is 5.57. The minimum Gasteiger partial charge on any atom is -0.494 e. The lowest BCUT2D eigenvalue weighted by atomic mass is 10.2. The molecule has 1 saturated heterocycles. The molecule has 1 fully saturated rings. The highest BCUT2D eigenvalue weighted by Crippen LogP contribution is 2.14. The number of carbonyl (C=O) groups excluding carboxylic acids is 1. The SMILES string of the molecule is Cc1cccc(OCCCC(=O)N2CC(O)C(O)C2)c1. The molecule has 5 heteroatoms. The maximum absolute atomic E-state index is 11.9. The van der Waals surface area contributed by atoms with Crippen molar-refractivity contribution >= 4 is 5.91 Å². The Morgan fingerprint density at radius 1 is 1.35 bits per heavy atom. The summed E-state index contributed by atoms with van der Waals surface area (Å²) in [4.78, 5) is 13.4. The van der Waals surface area contributed by atoms with E-state index in [0.717, 1.165) is 11.3 Å². The predicted octanol–water partition coefficient (Wildman–Crippen LogP) is 0.718. The van der Waals surface area contributed by atoms with Crippen molar-refractivity contribution in [2.45, 2.75) is 32.0 Å². The number of β-amino-alcohol motifs (C(OH)–C–C–N with tert-alkyl or cyclic N) is 2. The van der Waals surface area contributed by atoms with Gasteiger partial charge in [0.2, 0.25) is 5.91 Å². The second kappa shape index (κ2) is 6.72. The number of aliphatic hydroxyl groups excluding tert-OH is 2. The number of amides is 1. The molecule has 1 aliphatic rings. The summed E-state index contributed by atoms with van der Waals surface area (Å²) in [5.41, 5.74) is 1.14. The van der Waals surface area contributed by atoms with Gasteiger partial charge in [-0.1, -0.05) is 12.1 Å². The van der Waals surface area contributed by atoms with E-state index in [-0.39, 0.29) is 19.0 Å². The third-order valence-electron chi connectivity index (χ3n) is 3.40. The van der Waals surface area contributed by atoms with Crippen LogP contribution < -0.4 is 4.74 Å². The molecule has 0 bridgehead atoms. The molecule has 0 aromatic heterocycles. The van der Waals surface area contributed by atoms with Crippen LogP contribution in [0, 0.1) is 6.92 Å². The zero-order chi connectivity index (χ0) is 14.5. The van der Waals surface area contributed by atoms with Crippen molar-refractivity contribution in [1.82, 2.24) is 4.90 Å². The monoisotopic (exact) mass is 279 g/mol. The Morgan fingerprint density at radius 3 is 2.70 bits per heavy atom. The molecule has 1 aromatic carbocycles. The van der Waals surface area contributed by atoms with Crippen LogP contribution >= 0.6 is 0 Å². The van der Waals surface area contributed by atoms with Crippen LogP contribution in [0.2, 0.25) is 0 Å². The van der Waals surface area contributed by atoms with Crippen molar-refractivity contribution in [3.8, 4) is 5.75 Å². The van der Waals surface area contributed by atoms with Crippen LogP contribution in [0.15, 0.2) is 24.3 Å². The lowest BCUT2D eigenvalue weighted by molar-refractivity contribution is -0.130. The van der Waals surface area contributed by atoms with E-state index < -0.39 is 12.2 Å². The van der Waals surface area contributed by atoms with Crippen molar-refractivity contribution in [1.29, 1.82) is 0 Å². The zero-order valence-corrected chi connectivity index (χ0v) is 11.7. The van der Waals surface area contributed by atoms with E-state index >= 15 is 0 Å². The van der Waals surface area contributed by atoms with E-state index in [0.29, 0.717) is 19.4 Å². The molecule has 2 atom stereocenters. The molecule has 110 valence electrons. The van der Waals surface area contributed by atoms with Crippen molar-refractivity contribution in [3.05, 3.63) is 29.8 Å². The third-order valence-corrected chi connectivity index (χ3v) is 3.40. The van der Waals surface area contributed by atoms with Crippen molar-refractivity contribution < 1.29 is 19.7 Å². The molecule has 1 aromatic rings. The molecule has 2 unspecified atom stereocenters. The molecule has 1 aliphatic heterocycles. The second-order valence-electron chi connectivity index (χ2n) is 5.20.